The molecule has 0 atom stereocenters. The molecule has 0 aliphatic heterocycles. The molecule has 8 heteroatoms. The molecule has 1 aromatic carbocycles. The van der Waals surface area contributed by atoms with Gasteiger partial charge in [-0.15, -0.1) is 0 Å². The molecule has 0 saturated heterocycles. The van der Waals surface area contributed by atoms with Crippen LogP contribution in [0.4, 0.5) is 19.0 Å². The van der Waals surface area contributed by atoms with Crippen molar-refractivity contribution in [1.82, 2.24) is 9.97 Å². The first-order chi connectivity index (χ1) is 8.00. The van der Waals surface area contributed by atoms with Crippen molar-refractivity contribution in [2.24, 2.45) is 0 Å². The van der Waals surface area contributed by atoms with Crippen LogP contribution < -0.4 is 10.5 Å². The van der Waals surface area contributed by atoms with E-state index in [0.717, 1.165) is 12.4 Å². The van der Waals surface area contributed by atoms with Crippen LogP contribution in [0.5, 0.6) is 5.75 Å². The van der Waals surface area contributed by atoms with Crippen molar-refractivity contribution in [3.05, 3.63) is 22.7 Å². The molecule has 0 unspecified atom stereocenters. The van der Waals surface area contributed by atoms with Crippen molar-refractivity contribution >= 4 is 32.7 Å². The van der Waals surface area contributed by atoms with Crippen molar-refractivity contribution in [1.29, 1.82) is 0 Å². The van der Waals surface area contributed by atoms with E-state index >= 15 is 0 Å². The number of alkyl halides is 2. The van der Waals surface area contributed by atoms with Gasteiger partial charge >= 0.3 is 6.61 Å². The third kappa shape index (κ3) is 2.12. The minimum Gasteiger partial charge on any atom is -0.432 e. The third-order valence-corrected chi connectivity index (χ3v) is 2.62. The first-order valence-corrected chi connectivity index (χ1v) is 5.13. The van der Waals surface area contributed by atoms with Crippen LogP contribution in [-0.4, -0.2) is 16.6 Å². The van der Waals surface area contributed by atoms with Gasteiger partial charge in [0, 0.05) is 4.47 Å². The fourth-order valence-corrected chi connectivity index (χ4v) is 1.86. The Labute approximate surface area is 102 Å². The fourth-order valence-electron chi connectivity index (χ4n) is 1.35. The van der Waals surface area contributed by atoms with Crippen LogP contribution in [0.3, 0.4) is 0 Å². The number of hydrogen-bond donors (Lipinski definition) is 1. The molecule has 0 fully saturated rings. The summed E-state index contributed by atoms with van der Waals surface area (Å²) in [4.78, 5) is 7.39. The van der Waals surface area contributed by atoms with Crippen molar-refractivity contribution in [2.75, 3.05) is 5.73 Å². The van der Waals surface area contributed by atoms with E-state index in [4.69, 9.17) is 5.73 Å². The fraction of sp³-hybridized carbons (Fsp3) is 0.111. The summed E-state index contributed by atoms with van der Waals surface area (Å²) in [7, 11) is 0. The van der Waals surface area contributed by atoms with E-state index in [-0.39, 0.29) is 16.7 Å². The largest absolute Gasteiger partial charge is 0.432 e. The second kappa shape index (κ2) is 4.36. The summed E-state index contributed by atoms with van der Waals surface area (Å²) in [5, 5.41) is -0.155. The maximum Gasteiger partial charge on any atom is 0.387 e. The van der Waals surface area contributed by atoms with E-state index in [0.29, 0.717) is 4.47 Å². The molecule has 4 nitrogen and oxygen atoms in total. The Morgan fingerprint density at radius 2 is 2.06 bits per heavy atom. The molecule has 2 rings (SSSR count). The number of rotatable bonds is 2. The molecular weight excluding hydrogens is 303 g/mol. The Morgan fingerprint density at radius 1 is 1.35 bits per heavy atom. The van der Waals surface area contributed by atoms with Crippen LogP contribution >= 0.6 is 15.9 Å². The summed E-state index contributed by atoms with van der Waals surface area (Å²) in [6.45, 7) is -3.13. The standard InChI is InChI=1S/C9H5BrF3N3O/c10-3-1-4(17-9(12)13)6(11)5-7(3)15-2-16-8(5)14/h1-2,9H,(H2,14,15,16). The maximum absolute atomic E-state index is 13.8. The molecule has 0 spiro atoms. The van der Waals surface area contributed by atoms with Crippen molar-refractivity contribution in [3.8, 4) is 5.75 Å². The summed E-state index contributed by atoms with van der Waals surface area (Å²) >= 11 is 3.07. The molecule has 1 aromatic heterocycles. The number of anilines is 1. The van der Waals surface area contributed by atoms with Gasteiger partial charge in [-0.3, -0.25) is 0 Å². The Morgan fingerprint density at radius 3 is 2.71 bits per heavy atom. The number of nitrogens with zero attached hydrogens (tertiary/aromatic N) is 2. The van der Waals surface area contributed by atoms with E-state index in [1.165, 1.54) is 0 Å². The van der Waals surface area contributed by atoms with Gasteiger partial charge < -0.3 is 10.5 Å². The second-order valence-electron chi connectivity index (χ2n) is 3.03. The van der Waals surface area contributed by atoms with Gasteiger partial charge in [0.25, 0.3) is 0 Å². The van der Waals surface area contributed by atoms with Gasteiger partial charge in [0.05, 0.1) is 10.9 Å². The van der Waals surface area contributed by atoms with Crippen molar-refractivity contribution < 1.29 is 17.9 Å². The molecule has 2 aromatic rings. The zero-order valence-corrected chi connectivity index (χ0v) is 9.71. The molecule has 0 aliphatic carbocycles. The monoisotopic (exact) mass is 307 g/mol. The number of hydrogen-bond acceptors (Lipinski definition) is 4. The zero-order valence-electron chi connectivity index (χ0n) is 8.12. The number of nitrogens with two attached hydrogens (primary N) is 1. The molecule has 0 amide bonds. The average molecular weight is 308 g/mol. The molecule has 0 saturated carbocycles. The summed E-state index contributed by atoms with van der Waals surface area (Å²) in [5.74, 6) is -1.77. The van der Waals surface area contributed by atoms with E-state index in [1.807, 2.05) is 0 Å². The molecule has 0 radical (unpaired) electrons. The highest BCUT2D eigenvalue weighted by Gasteiger charge is 2.18. The van der Waals surface area contributed by atoms with E-state index in [1.54, 1.807) is 0 Å². The summed E-state index contributed by atoms with van der Waals surface area (Å²) < 4.78 is 42.3. The lowest BCUT2D eigenvalue weighted by Crippen LogP contribution is -2.05. The van der Waals surface area contributed by atoms with E-state index in [2.05, 4.69) is 30.6 Å². The normalized spacial score (nSPS) is 11.1. The van der Waals surface area contributed by atoms with Crippen molar-refractivity contribution in [3.63, 3.8) is 0 Å². The maximum atomic E-state index is 13.8. The van der Waals surface area contributed by atoms with E-state index < -0.39 is 18.2 Å². The molecule has 0 aliphatic rings. The number of fused-ring (bicyclic) bond motifs is 1. The van der Waals surface area contributed by atoms with Gasteiger partial charge in [-0.1, -0.05) is 0 Å². The molecule has 1 heterocycles. The Balaban J connectivity index is 2.74. The molecule has 17 heavy (non-hydrogen) atoms. The van der Waals surface area contributed by atoms with Gasteiger partial charge in [0.15, 0.2) is 11.6 Å². The lowest BCUT2D eigenvalue weighted by atomic mass is 10.2. The minimum atomic E-state index is -3.13. The van der Waals surface area contributed by atoms with Crippen LogP contribution in [0.25, 0.3) is 10.9 Å². The first kappa shape index (κ1) is 11.9. The van der Waals surface area contributed by atoms with Crippen molar-refractivity contribution in [2.45, 2.75) is 6.61 Å². The van der Waals surface area contributed by atoms with Crippen LogP contribution in [0, 0.1) is 5.82 Å². The predicted molar refractivity (Wildman–Crippen MR) is 58.2 cm³/mol. The topological polar surface area (TPSA) is 61.0 Å². The molecular formula is C9H5BrF3N3O. The summed E-state index contributed by atoms with van der Waals surface area (Å²) in [6.07, 6.45) is 1.15. The quantitative estimate of drug-likeness (QED) is 0.926. The van der Waals surface area contributed by atoms with Gasteiger partial charge in [0.2, 0.25) is 0 Å². The van der Waals surface area contributed by atoms with Crippen LogP contribution in [0.2, 0.25) is 0 Å². The SMILES string of the molecule is Nc1ncnc2c(Br)cc(OC(F)F)c(F)c12. The highest BCUT2D eigenvalue weighted by Crippen LogP contribution is 2.34. The lowest BCUT2D eigenvalue weighted by molar-refractivity contribution is -0.0520. The zero-order chi connectivity index (χ0) is 12.6. The summed E-state index contributed by atoms with van der Waals surface area (Å²) in [5.41, 5.74) is 5.66. The molecule has 2 N–H and O–H groups in total. The average Bonchev–Trinajstić information content (AvgIpc) is 2.24. The predicted octanol–water partition coefficient (Wildman–Crippen LogP) is 2.72. The van der Waals surface area contributed by atoms with Crippen LogP contribution in [-0.2, 0) is 0 Å². The minimum absolute atomic E-state index is 0.145. The number of nitrogen functional groups attached to an aromatic ring is 1. The Kier molecular flexibility index (Phi) is 3.05. The number of benzene rings is 1. The van der Waals surface area contributed by atoms with Crippen LogP contribution in [0.15, 0.2) is 16.9 Å². The highest BCUT2D eigenvalue weighted by atomic mass is 79.9. The second-order valence-corrected chi connectivity index (χ2v) is 3.89. The summed E-state index contributed by atoms with van der Waals surface area (Å²) in [6, 6.07) is 1.07. The highest BCUT2D eigenvalue weighted by molar-refractivity contribution is 9.10. The number of halogens is 4. The smallest absolute Gasteiger partial charge is 0.387 e. The lowest BCUT2D eigenvalue weighted by Gasteiger charge is -2.09. The van der Waals surface area contributed by atoms with Gasteiger partial charge in [-0.25, -0.2) is 14.4 Å². The number of ether oxygens (including phenoxy) is 1. The van der Waals surface area contributed by atoms with Gasteiger partial charge in [-0.2, -0.15) is 8.78 Å². The number of aromatic nitrogens is 2. The van der Waals surface area contributed by atoms with Gasteiger partial charge in [0.1, 0.15) is 12.1 Å². The first-order valence-electron chi connectivity index (χ1n) is 4.33. The van der Waals surface area contributed by atoms with Crippen LogP contribution in [0.1, 0.15) is 0 Å². The van der Waals surface area contributed by atoms with Gasteiger partial charge in [-0.05, 0) is 22.0 Å². The molecule has 0 bridgehead atoms. The van der Waals surface area contributed by atoms with E-state index in [9.17, 15) is 13.2 Å². The third-order valence-electron chi connectivity index (χ3n) is 2.01. The molecule has 90 valence electrons. The Hall–Kier alpha value is -1.57. The Bertz CT molecular complexity index is 579.